The maximum Gasteiger partial charge on any atom is 0.321 e. The van der Waals surface area contributed by atoms with Gasteiger partial charge < -0.3 is 25.2 Å². The molecule has 0 aromatic rings. The number of aliphatic hydroxyl groups excluding tert-OH is 1. The Morgan fingerprint density at radius 3 is 2.11 bits per heavy atom. The van der Waals surface area contributed by atoms with Crippen LogP contribution in [0.5, 0.6) is 0 Å². The van der Waals surface area contributed by atoms with E-state index >= 15 is 0 Å². The van der Waals surface area contributed by atoms with Gasteiger partial charge in [-0.1, -0.05) is 0 Å². The first kappa shape index (κ1) is 17.3. The lowest BCUT2D eigenvalue weighted by molar-refractivity contribution is -0.152. The Labute approximate surface area is 109 Å². The normalized spacial score (nSPS) is 12.3. The summed E-state index contributed by atoms with van der Waals surface area (Å²) >= 11 is 0. The maximum absolute atomic E-state index is 11.0. The lowest BCUT2D eigenvalue weighted by atomic mass is 10.1. The monoisotopic (exact) mass is 279 g/mol. The standard InChI is InChI=1S/C10H17NO8/c12-2-4-19-3-1-11(6-9(15)16)7(10(17)18)5-8(13)14/h7,12H,1-6H2,(H,13,14)(H,15,16)(H,17,18)/t7-/m0/s1. The van der Waals surface area contributed by atoms with Crippen LogP contribution >= 0.6 is 0 Å². The molecule has 0 heterocycles. The lowest BCUT2D eigenvalue weighted by Crippen LogP contribution is -2.46. The van der Waals surface area contributed by atoms with E-state index in [1.807, 2.05) is 0 Å². The van der Waals surface area contributed by atoms with Crippen molar-refractivity contribution in [2.75, 3.05) is 32.9 Å². The minimum Gasteiger partial charge on any atom is -0.481 e. The van der Waals surface area contributed by atoms with Crippen molar-refractivity contribution >= 4 is 17.9 Å². The molecule has 0 fully saturated rings. The van der Waals surface area contributed by atoms with Gasteiger partial charge in [-0.2, -0.15) is 0 Å². The molecule has 0 aromatic heterocycles. The first-order chi connectivity index (χ1) is 8.88. The van der Waals surface area contributed by atoms with E-state index in [-0.39, 0.29) is 26.4 Å². The minimum atomic E-state index is -1.44. The first-order valence-electron chi connectivity index (χ1n) is 5.47. The molecule has 0 unspecified atom stereocenters. The molecule has 0 saturated carbocycles. The fourth-order valence-electron chi connectivity index (χ4n) is 1.41. The number of aliphatic carboxylic acids is 3. The van der Waals surface area contributed by atoms with Crippen molar-refractivity contribution in [3.63, 3.8) is 0 Å². The van der Waals surface area contributed by atoms with Crippen molar-refractivity contribution in [3.05, 3.63) is 0 Å². The third kappa shape index (κ3) is 8.08. The third-order valence-electron chi connectivity index (χ3n) is 2.19. The maximum atomic E-state index is 11.0. The van der Waals surface area contributed by atoms with Gasteiger partial charge in [-0.25, -0.2) is 0 Å². The van der Waals surface area contributed by atoms with Gasteiger partial charge >= 0.3 is 17.9 Å². The van der Waals surface area contributed by atoms with E-state index in [1.54, 1.807) is 0 Å². The average molecular weight is 279 g/mol. The van der Waals surface area contributed by atoms with Crippen LogP contribution < -0.4 is 0 Å². The largest absolute Gasteiger partial charge is 0.481 e. The van der Waals surface area contributed by atoms with Crippen LogP contribution in [0.4, 0.5) is 0 Å². The van der Waals surface area contributed by atoms with Crippen LogP contribution in [-0.4, -0.2) is 82.2 Å². The zero-order valence-electron chi connectivity index (χ0n) is 10.2. The summed E-state index contributed by atoms with van der Waals surface area (Å²) in [4.78, 5) is 33.2. The Morgan fingerprint density at radius 1 is 1.05 bits per heavy atom. The van der Waals surface area contributed by atoms with Crippen molar-refractivity contribution < 1.29 is 39.5 Å². The van der Waals surface area contributed by atoms with Crippen LogP contribution in [0.15, 0.2) is 0 Å². The number of rotatable bonds is 11. The second-order valence-corrected chi connectivity index (χ2v) is 3.65. The third-order valence-corrected chi connectivity index (χ3v) is 2.19. The summed E-state index contributed by atoms with van der Waals surface area (Å²) in [6, 6.07) is -1.44. The Morgan fingerprint density at radius 2 is 1.68 bits per heavy atom. The fourth-order valence-corrected chi connectivity index (χ4v) is 1.41. The molecule has 0 aliphatic rings. The topological polar surface area (TPSA) is 145 Å². The molecule has 4 N–H and O–H groups in total. The van der Waals surface area contributed by atoms with Crippen LogP contribution in [0.1, 0.15) is 6.42 Å². The lowest BCUT2D eigenvalue weighted by Gasteiger charge is -2.25. The number of carboxylic acid groups (broad SMARTS) is 3. The highest BCUT2D eigenvalue weighted by molar-refractivity contribution is 5.81. The van der Waals surface area contributed by atoms with Crippen LogP contribution in [0.3, 0.4) is 0 Å². The Hall–Kier alpha value is -1.71. The molecule has 0 amide bonds. The fraction of sp³-hybridized carbons (Fsp3) is 0.700. The van der Waals surface area contributed by atoms with Gasteiger partial charge in [0.05, 0.1) is 32.8 Å². The van der Waals surface area contributed by atoms with Crippen molar-refractivity contribution in [1.29, 1.82) is 0 Å². The van der Waals surface area contributed by atoms with Crippen LogP contribution in [-0.2, 0) is 19.1 Å². The van der Waals surface area contributed by atoms with Gasteiger partial charge in [-0.15, -0.1) is 0 Å². The van der Waals surface area contributed by atoms with Gasteiger partial charge in [0, 0.05) is 6.54 Å². The second-order valence-electron chi connectivity index (χ2n) is 3.65. The van der Waals surface area contributed by atoms with E-state index < -0.39 is 36.9 Å². The SMILES string of the molecule is O=C(O)C[C@@H](C(=O)O)N(CCOCCO)CC(=O)O. The molecule has 0 aliphatic heterocycles. The van der Waals surface area contributed by atoms with E-state index in [9.17, 15) is 14.4 Å². The molecule has 0 aliphatic carbocycles. The summed E-state index contributed by atoms with van der Waals surface area (Å²) in [5, 5.41) is 34.7. The highest BCUT2D eigenvalue weighted by Gasteiger charge is 2.29. The molecule has 0 saturated heterocycles. The molecule has 0 spiro atoms. The molecule has 0 rings (SSSR count). The number of ether oxygens (including phenoxy) is 1. The quantitative estimate of drug-likeness (QED) is 0.325. The molecule has 0 bridgehead atoms. The van der Waals surface area contributed by atoms with Gasteiger partial charge in [-0.05, 0) is 0 Å². The smallest absolute Gasteiger partial charge is 0.321 e. The highest BCUT2D eigenvalue weighted by atomic mass is 16.5. The number of hydrogen-bond donors (Lipinski definition) is 4. The molecule has 9 heteroatoms. The van der Waals surface area contributed by atoms with Gasteiger partial charge in [0.15, 0.2) is 0 Å². The molecule has 9 nitrogen and oxygen atoms in total. The average Bonchev–Trinajstić information content (AvgIpc) is 2.29. The van der Waals surface area contributed by atoms with Gasteiger partial charge in [0.1, 0.15) is 6.04 Å². The van der Waals surface area contributed by atoms with E-state index in [0.717, 1.165) is 4.90 Å². The van der Waals surface area contributed by atoms with E-state index in [4.69, 9.17) is 25.2 Å². The molecular formula is C10H17NO8. The van der Waals surface area contributed by atoms with Gasteiger partial charge in [-0.3, -0.25) is 19.3 Å². The van der Waals surface area contributed by atoms with Gasteiger partial charge in [0.2, 0.25) is 0 Å². The Balaban J connectivity index is 4.61. The summed E-state index contributed by atoms with van der Waals surface area (Å²) < 4.78 is 4.90. The molecule has 1 atom stereocenters. The number of carbonyl (C=O) groups is 3. The van der Waals surface area contributed by atoms with Crippen LogP contribution in [0.25, 0.3) is 0 Å². The molecule has 0 aromatic carbocycles. The molecule has 19 heavy (non-hydrogen) atoms. The summed E-state index contributed by atoms with van der Waals surface area (Å²) in [6.45, 7) is -0.839. The number of aliphatic hydroxyl groups is 1. The predicted molar refractivity (Wildman–Crippen MR) is 60.8 cm³/mol. The Bertz CT molecular complexity index is 319. The molecular weight excluding hydrogens is 262 g/mol. The highest BCUT2D eigenvalue weighted by Crippen LogP contribution is 2.05. The number of nitrogens with zero attached hydrogens (tertiary/aromatic N) is 1. The van der Waals surface area contributed by atoms with E-state index in [1.165, 1.54) is 0 Å². The molecule has 0 radical (unpaired) electrons. The zero-order chi connectivity index (χ0) is 14.8. The van der Waals surface area contributed by atoms with Gasteiger partial charge in [0.25, 0.3) is 0 Å². The number of carboxylic acids is 3. The molecule has 110 valence electrons. The Kier molecular flexibility index (Phi) is 8.42. The van der Waals surface area contributed by atoms with Crippen LogP contribution in [0, 0.1) is 0 Å². The van der Waals surface area contributed by atoms with Crippen LogP contribution in [0.2, 0.25) is 0 Å². The first-order valence-corrected chi connectivity index (χ1v) is 5.47. The number of hydrogen-bond acceptors (Lipinski definition) is 6. The van der Waals surface area contributed by atoms with Crippen molar-refractivity contribution in [1.82, 2.24) is 4.90 Å². The van der Waals surface area contributed by atoms with Crippen molar-refractivity contribution in [2.45, 2.75) is 12.5 Å². The second kappa shape index (κ2) is 9.25. The van der Waals surface area contributed by atoms with E-state index in [2.05, 4.69) is 0 Å². The zero-order valence-corrected chi connectivity index (χ0v) is 10.2. The summed E-state index contributed by atoms with van der Waals surface area (Å²) in [5.74, 6) is -4.01. The van der Waals surface area contributed by atoms with Crippen molar-refractivity contribution in [2.24, 2.45) is 0 Å². The van der Waals surface area contributed by atoms with Crippen molar-refractivity contribution in [3.8, 4) is 0 Å². The summed E-state index contributed by atoms with van der Waals surface area (Å²) in [6.07, 6.45) is -0.706. The van der Waals surface area contributed by atoms with E-state index in [0.29, 0.717) is 0 Å². The predicted octanol–water partition coefficient (Wildman–Crippen LogP) is -1.69. The summed E-state index contributed by atoms with van der Waals surface area (Å²) in [5.41, 5.74) is 0. The minimum absolute atomic E-state index is 0.00274. The summed E-state index contributed by atoms with van der Waals surface area (Å²) in [7, 11) is 0.